The van der Waals surface area contributed by atoms with Crippen LogP contribution in [0.2, 0.25) is 0 Å². The van der Waals surface area contributed by atoms with Crippen molar-refractivity contribution in [1.82, 2.24) is 14.7 Å². The molecule has 2 aromatic carbocycles. The fourth-order valence-electron chi connectivity index (χ4n) is 5.31. The average Bonchev–Trinajstić information content (AvgIpc) is 2.81. The fraction of sp³-hybridized carbons (Fsp3) is 0.440. The van der Waals surface area contributed by atoms with E-state index in [1.165, 1.54) is 12.1 Å². The molecule has 3 aliphatic heterocycles. The highest BCUT2D eigenvalue weighted by molar-refractivity contribution is 5.88. The number of hydrogen-bond acceptors (Lipinski definition) is 5. The summed E-state index contributed by atoms with van der Waals surface area (Å²) in [6.45, 7) is 3.36. The Bertz CT molecular complexity index is 1020. The fourth-order valence-corrected chi connectivity index (χ4v) is 5.31. The first-order chi connectivity index (χ1) is 16.0. The summed E-state index contributed by atoms with van der Waals surface area (Å²) in [5, 5.41) is 9.99. The van der Waals surface area contributed by atoms with Crippen molar-refractivity contribution in [3.05, 3.63) is 59.9 Å². The molecule has 0 bridgehead atoms. The van der Waals surface area contributed by atoms with Crippen molar-refractivity contribution in [2.24, 2.45) is 0 Å². The lowest BCUT2D eigenvalue weighted by atomic mass is 9.73. The lowest BCUT2D eigenvalue weighted by molar-refractivity contribution is -0.167. The second-order valence-electron chi connectivity index (χ2n) is 8.94. The number of carbonyl (C=O) groups is 2. The van der Waals surface area contributed by atoms with Crippen LogP contribution in [0.1, 0.15) is 11.5 Å². The Morgan fingerprint density at radius 1 is 1.09 bits per heavy atom. The van der Waals surface area contributed by atoms with Gasteiger partial charge in [-0.3, -0.25) is 14.5 Å². The summed E-state index contributed by atoms with van der Waals surface area (Å²) >= 11 is 0. The average molecular weight is 454 g/mol. The lowest BCUT2D eigenvalue weighted by Gasteiger charge is -2.58. The molecule has 33 heavy (non-hydrogen) atoms. The third-order valence-corrected chi connectivity index (χ3v) is 7.02. The van der Waals surface area contributed by atoms with Crippen LogP contribution in [0.4, 0.5) is 4.39 Å². The molecule has 0 saturated carbocycles. The predicted octanol–water partition coefficient (Wildman–Crippen LogP) is 1.32. The summed E-state index contributed by atoms with van der Waals surface area (Å²) in [7, 11) is 0. The first kappa shape index (κ1) is 22.0. The quantitative estimate of drug-likeness (QED) is 0.740. The van der Waals surface area contributed by atoms with Gasteiger partial charge in [0.25, 0.3) is 0 Å². The maximum absolute atomic E-state index is 13.6. The zero-order chi connectivity index (χ0) is 22.9. The number of carbonyl (C=O) groups excluding carboxylic acids is 2. The molecule has 0 aromatic heterocycles. The SMILES string of the molecule is O=C(CN1CCOCC1)N1CC(=O)N2[C@H](C1)[C@H](c1ccc(-c3cccc(F)c3)cc1)[C@@H]2CO. The topological polar surface area (TPSA) is 73.3 Å². The molecule has 0 aliphatic carbocycles. The number of fused-ring (bicyclic) bond motifs is 1. The van der Waals surface area contributed by atoms with Crippen LogP contribution in [0.5, 0.6) is 0 Å². The monoisotopic (exact) mass is 453 g/mol. The zero-order valence-corrected chi connectivity index (χ0v) is 18.4. The van der Waals surface area contributed by atoms with Gasteiger partial charge in [0.15, 0.2) is 0 Å². The number of benzene rings is 2. The van der Waals surface area contributed by atoms with Gasteiger partial charge < -0.3 is 19.6 Å². The number of amides is 2. The van der Waals surface area contributed by atoms with E-state index in [1.807, 2.05) is 30.3 Å². The van der Waals surface area contributed by atoms with E-state index in [4.69, 9.17) is 4.74 Å². The minimum atomic E-state index is -0.293. The van der Waals surface area contributed by atoms with Crippen molar-refractivity contribution in [3.8, 4) is 11.1 Å². The van der Waals surface area contributed by atoms with Gasteiger partial charge >= 0.3 is 0 Å². The van der Waals surface area contributed by atoms with Crippen LogP contribution in [-0.4, -0.2) is 96.2 Å². The van der Waals surface area contributed by atoms with E-state index >= 15 is 0 Å². The van der Waals surface area contributed by atoms with E-state index < -0.39 is 0 Å². The van der Waals surface area contributed by atoms with Crippen LogP contribution in [0.3, 0.4) is 0 Å². The summed E-state index contributed by atoms with van der Waals surface area (Å²) in [5.41, 5.74) is 2.70. The molecule has 2 amide bonds. The number of hydrogen-bond donors (Lipinski definition) is 1. The molecular weight excluding hydrogens is 425 g/mol. The highest BCUT2D eigenvalue weighted by Gasteiger charge is 2.54. The van der Waals surface area contributed by atoms with Crippen molar-refractivity contribution in [1.29, 1.82) is 0 Å². The standard InChI is InChI=1S/C25H28FN3O4/c26-20-3-1-2-19(12-20)17-4-6-18(7-5-17)25-21-13-28(15-24(32)29(21)22(25)16-30)23(31)14-27-8-10-33-11-9-27/h1-7,12,21-22,25,30H,8-11,13-16H2/t21-,22+,25+/m1/s1. The van der Waals surface area contributed by atoms with Gasteiger partial charge in [0.05, 0.1) is 45.0 Å². The van der Waals surface area contributed by atoms with E-state index in [2.05, 4.69) is 4.90 Å². The van der Waals surface area contributed by atoms with Gasteiger partial charge in [-0.1, -0.05) is 36.4 Å². The van der Waals surface area contributed by atoms with Crippen molar-refractivity contribution >= 4 is 11.8 Å². The molecule has 3 heterocycles. The van der Waals surface area contributed by atoms with Crippen LogP contribution in [0, 0.1) is 5.82 Å². The molecule has 2 aromatic rings. The second kappa shape index (κ2) is 9.21. The molecule has 8 heteroatoms. The summed E-state index contributed by atoms with van der Waals surface area (Å²) in [4.78, 5) is 31.2. The van der Waals surface area contributed by atoms with Crippen LogP contribution in [0.15, 0.2) is 48.5 Å². The number of aliphatic hydroxyl groups is 1. The molecule has 0 radical (unpaired) electrons. The summed E-state index contributed by atoms with van der Waals surface area (Å²) in [6, 6.07) is 13.8. The van der Waals surface area contributed by atoms with Gasteiger partial charge in [-0.05, 0) is 28.8 Å². The Balaban J connectivity index is 1.31. The van der Waals surface area contributed by atoms with E-state index in [0.29, 0.717) is 26.3 Å². The van der Waals surface area contributed by atoms with Gasteiger partial charge in [-0.25, -0.2) is 4.39 Å². The largest absolute Gasteiger partial charge is 0.394 e. The molecule has 7 nitrogen and oxygen atoms in total. The summed E-state index contributed by atoms with van der Waals surface area (Å²) in [5.74, 6) is -0.501. The molecular formula is C25H28FN3O4. The highest BCUT2D eigenvalue weighted by Crippen LogP contribution is 2.43. The van der Waals surface area contributed by atoms with E-state index in [9.17, 15) is 19.1 Å². The van der Waals surface area contributed by atoms with Crippen LogP contribution in [-0.2, 0) is 14.3 Å². The summed E-state index contributed by atoms with van der Waals surface area (Å²) in [6.07, 6.45) is 0. The molecule has 0 unspecified atom stereocenters. The van der Waals surface area contributed by atoms with Gasteiger partial charge in [-0.15, -0.1) is 0 Å². The van der Waals surface area contributed by atoms with E-state index in [-0.39, 0.29) is 48.8 Å². The van der Waals surface area contributed by atoms with E-state index in [1.54, 1.807) is 15.9 Å². The van der Waals surface area contributed by atoms with Gasteiger partial charge in [0.2, 0.25) is 11.8 Å². The Morgan fingerprint density at radius 2 is 1.85 bits per heavy atom. The van der Waals surface area contributed by atoms with Crippen LogP contribution in [0.25, 0.3) is 11.1 Å². The number of piperazine rings is 1. The van der Waals surface area contributed by atoms with Gasteiger partial charge in [0.1, 0.15) is 5.82 Å². The molecule has 3 saturated heterocycles. The van der Waals surface area contributed by atoms with Crippen molar-refractivity contribution in [3.63, 3.8) is 0 Å². The summed E-state index contributed by atoms with van der Waals surface area (Å²) < 4.78 is 18.9. The number of morpholine rings is 1. The molecule has 1 N–H and O–H groups in total. The molecule has 0 spiro atoms. The predicted molar refractivity (Wildman–Crippen MR) is 120 cm³/mol. The first-order valence-corrected chi connectivity index (χ1v) is 11.4. The first-order valence-electron chi connectivity index (χ1n) is 11.4. The Kier molecular flexibility index (Phi) is 6.14. The second-order valence-corrected chi connectivity index (χ2v) is 8.94. The maximum atomic E-state index is 13.6. The zero-order valence-electron chi connectivity index (χ0n) is 18.4. The minimum Gasteiger partial charge on any atom is -0.394 e. The Labute approximate surface area is 192 Å². The minimum absolute atomic E-state index is 0.0439. The lowest BCUT2D eigenvalue weighted by Crippen LogP contribution is -2.73. The van der Waals surface area contributed by atoms with Crippen LogP contribution >= 0.6 is 0 Å². The Morgan fingerprint density at radius 3 is 2.55 bits per heavy atom. The van der Waals surface area contributed by atoms with Gasteiger partial charge in [-0.2, -0.15) is 0 Å². The molecule has 5 rings (SSSR count). The van der Waals surface area contributed by atoms with E-state index in [0.717, 1.165) is 29.8 Å². The molecule has 3 aliphatic rings. The third kappa shape index (κ3) is 4.26. The molecule has 3 atom stereocenters. The maximum Gasteiger partial charge on any atom is 0.242 e. The Hall–Kier alpha value is -2.81. The van der Waals surface area contributed by atoms with Crippen molar-refractivity contribution < 1.29 is 23.8 Å². The number of nitrogens with zero attached hydrogens (tertiary/aromatic N) is 3. The smallest absolute Gasteiger partial charge is 0.242 e. The molecule has 174 valence electrons. The molecule has 3 fully saturated rings. The van der Waals surface area contributed by atoms with Gasteiger partial charge in [0, 0.05) is 25.6 Å². The number of aliphatic hydroxyl groups excluding tert-OH is 1. The van der Waals surface area contributed by atoms with Crippen LogP contribution < -0.4 is 0 Å². The van der Waals surface area contributed by atoms with Crippen molar-refractivity contribution in [2.45, 2.75) is 18.0 Å². The van der Waals surface area contributed by atoms with Crippen molar-refractivity contribution in [2.75, 3.05) is 52.5 Å². The normalized spacial score (nSPS) is 25.5. The highest BCUT2D eigenvalue weighted by atomic mass is 19.1. The number of rotatable bonds is 5. The third-order valence-electron chi connectivity index (χ3n) is 7.02. The number of ether oxygens (including phenoxy) is 1. The number of halogens is 1.